The van der Waals surface area contributed by atoms with Crippen LogP contribution in [0.4, 0.5) is 0 Å². The van der Waals surface area contributed by atoms with Crippen molar-refractivity contribution in [1.29, 1.82) is 0 Å². The number of benzene rings is 1. The molecule has 0 radical (unpaired) electrons. The number of rotatable bonds is 3. The second-order valence-corrected chi connectivity index (χ2v) is 4.92. The van der Waals surface area contributed by atoms with E-state index >= 15 is 0 Å². The molecule has 0 N–H and O–H groups in total. The summed E-state index contributed by atoms with van der Waals surface area (Å²) in [4.78, 5) is 20.7. The molecule has 0 spiro atoms. The summed E-state index contributed by atoms with van der Waals surface area (Å²) in [6.45, 7) is 2.24. The Balaban J connectivity index is -0.00000108. The van der Waals surface area contributed by atoms with Crippen molar-refractivity contribution in [2.75, 3.05) is 0 Å². The Hall–Kier alpha value is 1.07. The van der Waals surface area contributed by atoms with E-state index in [-0.39, 0.29) is 99.8 Å². The van der Waals surface area contributed by atoms with Gasteiger partial charge < -0.3 is 24.4 Å². The van der Waals surface area contributed by atoms with Gasteiger partial charge in [0, 0.05) is 11.1 Å². The first-order valence-corrected chi connectivity index (χ1v) is 6.01. The van der Waals surface area contributed by atoms with Gasteiger partial charge in [-0.25, -0.2) is 8.42 Å². The van der Waals surface area contributed by atoms with Crippen LogP contribution >= 0.6 is 0 Å². The zero-order valence-electron chi connectivity index (χ0n) is 12.3. The molecule has 0 heterocycles. The molecule has 0 amide bonds. The van der Waals surface area contributed by atoms with E-state index in [1.807, 2.05) is 0 Å². The van der Waals surface area contributed by atoms with Crippen molar-refractivity contribution >= 4 is 22.1 Å². The molecular formula is C10H7Na3O7S. The molecule has 1 aromatic rings. The Kier molecular flexibility index (Phi) is 12.9. The Morgan fingerprint density at radius 2 is 1.38 bits per heavy atom. The molecule has 0 aliphatic carbocycles. The number of carboxylic acids is 2. The topological polar surface area (TPSA) is 137 Å². The molecule has 0 atom stereocenters. The molecule has 0 unspecified atom stereocenters. The molecule has 0 saturated carbocycles. The van der Waals surface area contributed by atoms with Crippen LogP contribution in [0.5, 0.6) is 0 Å². The van der Waals surface area contributed by atoms with Crippen molar-refractivity contribution in [2.45, 2.75) is 18.7 Å². The normalized spacial score (nSPS) is 9.67. The first kappa shape index (κ1) is 26.9. The Labute approximate surface area is 188 Å². The molecule has 0 aliphatic rings. The van der Waals surface area contributed by atoms with E-state index < -0.39 is 38.1 Å². The van der Waals surface area contributed by atoms with Gasteiger partial charge in [0.25, 0.3) is 0 Å². The zero-order valence-corrected chi connectivity index (χ0v) is 19.2. The van der Waals surface area contributed by atoms with Crippen LogP contribution in [0.3, 0.4) is 0 Å². The standard InChI is InChI=1S/C10H10O7S.3Na/c1-4-6(9(11)12)3-7(18(15,16)17)5(2)8(4)10(13)14;;;/h3H,1-2H3,(H,11,12)(H,13,14)(H,15,16,17);;;/q;3*+1/p-3. The van der Waals surface area contributed by atoms with E-state index in [1.165, 1.54) is 0 Å². The average molecular weight is 340 g/mol. The third kappa shape index (κ3) is 6.23. The molecule has 7 nitrogen and oxygen atoms in total. The molecule has 21 heavy (non-hydrogen) atoms. The van der Waals surface area contributed by atoms with Gasteiger partial charge >= 0.3 is 88.7 Å². The fraction of sp³-hybridized carbons (Fsp3) is 0.200. The van der Waals surface area contributed by atoms with Crippen molar-refractivity contribution < 1.29 is 121 Å². The van der Waals surface area contributed by atoms with E-state index in [0.29, 0.717) is 6.07 Å². The molecule has 1 rings (SSSR count). The minimum Gasteiger partial charge on any atom is -0.744 e. The molecule has 1 aromatic carbocycles. The summed E-state index contributed by atoms with van der Waals surface area (Å²) in [7, 11) is -4.99. The summed E-state index contributed by atoms with van der Waals surface area (Å²) in [5.41, 5.74) is -1.88. The summed E-state index contributed by atoms with van der Waals surface area (Å²) in [5.74, 6) is -3.54. The number of carbonyl (C=O) groups excluding carboxylic acids is 2. The maximum absolute atomic E-state index is 10.9. The van der Waals surface area contributed by atoms with Gasteiger partial charge in [-0.15, -0.1) is 0 Å². The second-order valence-electron chi connectivity index (χ2n) is 3.58. The fourth-order valence-electron chi connectivity index (χ4n) is 1.66. The molecule has 0 bridgehead atoms. The quantitative estimate of drug-likeness (QED) is 0.393. The van der Waals surface area contributed by atoms with E-state index in [1.54, 1.807) is 0 Å². The zero-order chi connectivity index (χ0) is 14.2. The van der Waals surface area contributed by atoms with Crippen LogP contribution in [-0.2, 0) is 10.1 Å². The third-order valence-corrected chi connectivity index (χ3v) is 3.46. The number of aromatic carboxylic acids is 2. The molecule has 0 aromatic heterocycles. The van der Waals surface area contributed by atoms with E-state index in [2.05, 4.69) is 0 Å². The van der Waals surface area contributed by atoms with Crippen molar-refractivity contribution in [1.82, 2.24) is 0 Å². The predicted octanol–water partition coefficient (Wildman–Crippen LogP) is -11.1. The van der Waals surface area contributed by atoms with E-state index in [9.17, 15) is 32.8 Å². The van der Waals surface area contributed by atoms with Crippen molar-refractivity contribution in [3.05, 3.63) is 28.3 Å². The van der Waals surface area contributed by atoms with Gasteiger partial charge in [-0.05, 0) is 31.0 Å². The first-order chi connectivity index (χ1) is 8.07. The molecule has 0 fully saturated rings. The van der Waals surface area contributed by atoms with Crippen LogP contribution in [0.25, 0.3) is 0 Å². The number of carboxylic acid groups (broad SMARTS) is 2. The molecule has 11 heteroatoms. The van der Waals surface area contributed by atoms with Crippen LogP contribution in [0.15, 0.2) is 11.0 Å². The first-order valence-electron chi connectivity index (χ1n) is 4.60. The SMILES string of the molecule is Cc1c(C(=O)[O-])cc(S(=O)(=O)[O-])c(C)c1C(=O)[O-].[Na+].[Na+].[Na+]. The summed E-state index contributed by atoms with van der Waals surface area (Å²) in [6.07, 6.45) is 0. The van der Waals surface area contributed by atoms with Crippen LogP contribution in [0.2, 0.25) is 0 Å². The summed E-state index contributed by atoms with van der Waals surface area (Å²) < 4.78 is 32.8. The van der Waals surface area contributed by atoms with Crippen LogP contribution in [-0.4, -0.2) is 24.9 Å². The smallest absolute Gasteiger partial charge is 0.744 e. The summed E-state index contributed by atoms with van der Waals surface area (Å²) in [5, 5.41) is 21.6. The Bertz CT molecular complexity index is 655. The Morgan fingerprint density at radius 1 is 0.952 bits per heavy atom. The monoisotopic (exact) mass is 340 g/mol. The van der Waals surface area contributed by atoms with Crippen molar-refractivity contribution in [3.8, 4) is 0 Å². The second kappa shape index (κ2) is 10.0. The molecule has 98 valence electrons. The van der Waals surface area contributed by atoms with Gasteiger partial charge in [0.2, 0.25) is 0 Å². The van der Waals surface area contributed by atoms with Gasteiger partial charge in [-0.3, -0.25) is 0 Å². The fourth-order valence-corrected chi connectivity index (χ4v) is 2.40. The van der Waals surface area contributed by atoms with Crippen LogP contribution in [0.1, 0.15) is 31.8 Å². The van der Waals surface area contributed by atoms with Crippen molar-refractivity contribution in [2.24, 2.45) is 0 Å². The summed E-state index contributed by atoms with van der Waals surface area (Å²) in [6, 6.07) is 0.592. The molecule has 0 aliphatic heterocycles. The van der Waals surface area contributed by atoms with Gasteiger partial charge in [0.1, 0.15) is 10.1 Å². The molecular weight excluding hydrogens is 333 g/mol. The van der Waals surface area contributed by atoms with Crippen LogP contribution in [0, 0.1) is 13.8 Å². The Morgan fingerprint density at radius 3 is 1.67 bits per heavy atom. The number of hydrogen-bond acceptors (Lipinski definition) is 7. The van der Waals surface area contributed by atoms with Gasteiger partial charge in [-0.2, -0.15) is 0 Å². The van der Waals surface area contributed by atoms with Gasteiger partial charge in [0.05, 0.1) is 16.8 Å². The van der Waals surface area contributed by atoms with Gasteiger partial charge in [-0.1, -0.05) is 0 Å². The minimum absolute atomic E-state index is 0. The van der Waals surface area contributed by atoms with Crippen LogP contribution < -0.4 is 98.9 Å². The largest absolute Gasteiger partial charge is 1.00 e. The van der Waals surface area contributed by atoms with E-state index in [4.69, 9.17) is 0 Å². The average Bonchev–Trinajstić information content (AvgIpc) is 2.13. The maximum Gasteiger partial charge on any atom is 1.00 e. The minimum atomic E-state index is -4.99. The van der Waals surface area contributed by atoms with Crippen molar-refractivity contribution in [3.63, 3.8) is 0 Å². The number of carbonyl (C=O) groups is 2. The summed E-state index contributed by atoms with van der Waals surface area (Å²) >= 11 is 0. The number of hydrogen-bond donors (Lipinski definition) is 0. The molecule has 0 saturated heterocycles. The van der Waals surface area contributed by atoms with Gasteiger partial charge in [0.15, 0.2) is 0 Å². The third-order valence-electron chi connectivity index (χ3n) is 2.49. The predicted molar refractivity (Wildman–Crippen MR) is 52.5 cm³/mol. The van der Waals surface area contributed by atoms with E-state index in [0.717, 1.165) is 13.8 Å². The maximum atomic E-state index is 10.9.